The first-order valence-corrected chi connectivity index (χ1v) is 4.83. The van der Waals surface area contributed by atoms with Gasteiger partial charge in [-0.1, -0.05) is 0 Å². The minimum Gasteiger partial charge on any atom is -0.359 e. The van der Waals surface area contributed by atoms with Gasteiger partial charge in [-0.2, -0.15) is 5.10 Å². The third-order valence-corrected chi connectivity index (χ3v) is 2.45. The van der Waals surface area contributed by atoms with Crippen molar-refractivity contribution in [1.29, 1.82) is 0 Å². The maximum Gasteiger partial charge on any atom is 0.224 e. The van der Waals surface area contributed by atoms with Crippen molar-refractivity contribution in [3.05, 3.63) is 17.0 Å². The van der Waals surface area contributed by atoms with Crippen LogP contribution in [0, 0.1) is 13.8 Å². The summed E-state index contributed by atoms with van der Waals surface area (Å²) in [4.78, 5) is 11.2. The van der Waals surface area contributed by atoms with Crippen molar-refractivity contribution >= 4 is 5.91 Å². The highest BCUT2D eigenvalue weighted by molar-refractivity contribution is 5.78. The van der Waals surface area contributed by atoms with Gasteiger partial charge in [0, 0.05) is 24.8 Å². The number of amides is 1. The van der Waals surface area contributed by atoms with Gasteiger partial charge in [-0.05, 0) is 20.8 Å². The van der Waals surface area contributed by atoms with Crippen LogP contribution in [0.1, 0.15) is 23.9 Å². The molecule has 4 nitrogen and oxygen atoms in total. The zero-order chi connectivity index (χ0) is 10.7. The van der Waals surface area contributed by atoms with Crippen LogP contribution in [0.3, 0.4) is 0 Å². The lowest BCUT2D eigenvalue weighted by molar-refractivity contribution is -0.119. The summed E-state index contributed by atoms with van der Waals surface area (Å²) in [6.07, 6.45) is 0.425. The predicted molar refractivity (Wildman–Crippen MR) is 55.1 cm³/mol. The average Bonchev–Trinajstić information content (AvgIpc) is 2.44. The second kappa shape index (κ2) is 4.26. The molecule has 0 spiro atoms. The molecule has 0 bridgehead atoms. The molecule has 78 valence electrons. The Morgan fingerprint density at radius 2 is 2.14 bits per heavy atom. The SMILES string of the molecule is CCn1nc(C)c(CC(=O)NC)c1C. The number of rotatable bonds is 3. The van der Waals surface area contributed by atoms with E-state index in [-0.39, 0.29) is 5.91 Å². The number of nitrogens with one attached hydrogen (secondary N) is 1. The normalized spacial score (nSPS) is 10.3. The molecule has 0 saturated carbocycles. The molecule has 0 aromatic carbocycles. The van der Waals surface area contributed by atoms with Crippen LogP contribution in [-0.2, 0) is 17.8 Å². The molecule has 1 N–H and O–H groups in total. The van der Waals surface area contributed by atoms with E-state index < -0.39 is 0 Å². The number of aryl methyl sites for hydroxylation is 2. The number of hydrogen-bond acceptors (Lipinski definition) is 2. The smallest absolute Gasteiger partial charge is 0.224 e. The number of aromatic nitrogens is 2. The predicted octanol–water partition coefficient (Wildman–Crippen LogP) is 0.808. The lowest BCUT2D eigenvalue weighted by Gasteiger charge is -2.01. The van der Waals surface area contributed by atoms with Gasteiger partial charge in [0.1, 0.15) is 0 Å². The van der Waals surface area contributed by atoms with E-state index in [0.29, 0.717) is 6.42 Å². The fraction of sp³-hybridized carbons (Fsp3) is 0.600. The fourth-order valence-corrected chi connectivity index (χ4v) is 1.55. The molecule has 0 radical (unpaired) electrons. The molecule has 1 heterocycles. The summed E-state index contributed by atoms with van der Waals surface area (Å²) in [7, 11) is 1.65. The van der Waals surface area contributed by atoms with Gasteiger partial charge in [0.2, 0.25) is 5.91 Å². The molecule has 0 aliphatic carbocycles. The fourth-order valence-electron chi connectivity index (χ4n) is 1.55. The van der Waals surface area contributed by atoms with Gasteiger partial charge >= 0.3 is 0 Å². The molecule has 1 amide bonds. The zero-order valence-corrected chi connectivity index (χ0v) is 9.22. The van der Waals surface area contributed by atoms with Crippen LogP contribution < -0.4 is 5.32 Å². The van der Waals surface area contributed by atoms with E-state index in [9.17, 15) is 4.79 Å². The molecule has 1 rings (SSSR count). The third kappa shape index (κ3) is 1.95. The summed E-state index contributed by atoms with van der Waals surface area (Å²) in [5.74, 6) is 0.0341. The van der Waals surface area contributed by atoms with Gasteiger partial charge in [-0.3, -0.25) is 9.48 Å². The minimum atomic E-state index is 0.0341. The van der Waals surface area contributed by atoms with Crippen LogP contribution in [0.2, 0.25) is 0 Å². The molecule has 14 heavy (non-hydrogen) atoms. The first-order valence-electron chi connectivity index (χ1n) is 4.83. The highest BCUT2D eigenvalue weighted by Gasteiger charge is 2.12. The molecule has 0 fully saturated rings. The Labute approximate surface area is 84.3 Å². The van der Waals surface area contributed by atoms with Crippen molar-refractivity contribution in [3.63, 3.8) is 0 Å². The first-order chi connectivity index (χ1) is 6.60. The second-order valence-corrected chi connectivity index (χ2v) is 3.32. The van der Waals surface area contributed by atoms with E-state index in [2.05, 4.69) is 10.4 Å². The standard InChI is InChI=1S/C10H17N3O/c1-5-13-8(3)9(7(2)12-13)6-10(14)11-4/h5-6H2,1-4H3,(H,11,14). The summed E-state index contributed by atoms with van der Waals surface area (Å²) in [6, 6.07) is 0. The number of carbonyl (C=O) groups is 1. The summed E-state index contributed by atoms with van der Waals surface area (Å²) in [6.45, 7) is 6.84. The zero-order valence-electron chi connectivity index (χ0n) is 9.22. The maximum atomic E-state index is 11.2. The van der Waals surface area contributed by atoms with E-state index in [1.165, 1.54) is 0 Å². The van der Waals surface area contributed by atoms with E-state index >= 15 is 0 Å². The molecule has 0 aliphatic rings. The molecular weight excluding hydrogens is 178 g/mol. The van der Waals surface area contributed by atoms with Crippen LogP contribution in [0.15, 0.2) is 0 Å². The van der Waals surface area contributed by atoms with Crippen molar-refractivity contribution in [2.75, 3.05) is 7.05 Å². The Morgan fingerprint density at radius 1 is 1.50 bits per heavy atom. The Balaban J connectivity index is 2.96. The van der Waals surface area contributed by atoms with Crippen molar-refractivity contribution in [1.82, 2.24) is 15.1 Å². The first kappa shape index (κ1) is 10.8. The Hall–Kier alpha value is -1.32. The topological polar surface area (TPSA) is 46.9 Å². The number of likely N-dealkylation sites (N-methyl/N-ethyl adjacent to an activating group) is 1. The van der Waals surface area contributed by atoms with Crippen molar-refractivity contribution in [2.24, 2.45) is 0 Å². The van der Waals surface area contributed by atoms with Gasteiger partial charge < -0.3 is 5.32 Å². The highest BCUT2D eigenvalue weighted by atomic mass is 16.1. The minimum absolute atomic E-state index is 0.0341. The summed E-state index contributed by atoms with van der Waals surface area (Å²) >= 11 is 0. The van der Waals surface area contributed by atoms with Crippen LogP contribution in [0.25, 0.3) is 0 Å². The van der Waals surface area contributed by atoms with E-state index in [4.69, 9.17) is 0 Å². The monoisotopic (exact) mass is 195 g/mol. The van der Waals surface area contributed by atoms with Gasteiger partial charge in [0.05, 0.1) is 12.1 Å². The molecule has 0 atom stereocenters. The van der Waals surface area contributed by atoms with Crippen LogP contribution >= 0.6 is 0 Å². The highest BCUT2D eigenvalue weighted by Crippen LogP contribution is 2.13. The third-order valence-electron chi connectivity index (χ3n) is 2.45. The van der Waals surface area contributed by atoms with E-state index in [1.54, 1.807) is 7.05 Å². The lowest BCUT2D eigenvalue weighted by atomic mass is 10.1. The maximum absolute atomic E-state index is 11.2. The number of hydrogen-bond donors (Lipinski definition) is 1. The van der Waals surface area contributed by atoms with Gasteiger partial charge in [0.25, 0.3) is 0 Å². The average molecular weight is 195 g/mol. The number of nitrogens with zero attached hydrogens (tertiary/aromatic N) is 2. The second-order valence-electron chi connectivity index (χ2n) is 3.32. The summed E-state index contributed by atoms with van der Waals surface area (Å²) < 4.78 is 1.92. The Bertz CT molecular complexity index is 341. The largest absolute Gasteiger partial charge is 0.359 e. The van der Waals surface area contributed by atoms with Crippen molar-refractivity contribution < 1.29 is 4.79 Å². The van der Waals surface area contributed by atoms with Crippen LogP contribution in [-0.4, -0.2) is 22.7 Å². The molecule has 4 heteroatoms. The van der Waals surface area contributed by atoms with Gasteiger partial charge in [-0.15, -0.1) is 0 Å². The summed E-state index contributed by atoms with van der Waals surface area (Å²) in [5, 5.41) is 6.97. The molecule has 0 saturated heterocycles. The quantitative estimate of drug-likeness (QED) is 0.775. The van der Waals surface area contributed by atoms with Gasteiger partial charge in [-0.25, -0.2) is 0 Å². The molecule has 1 aromatic rings. The molecule has 0 aliphatic heterocycles. The Morgan fingerprint density at radius 3 is 2.57 bits per heavy atom. The molecular formula is C10H17N3O. The van der Waals surface area contributed by atoms with E-state index in [0.717, 1.165) is 23.5 Å². The van der Waals surface area contributed by atoms with Crippen LogP contribution in [0.5, 0.6) is 0 Å². The number of carbonyl (C=O) groups excluding carboxylic acids is 1. The summed E-state index contributed by atoms with van der Waals surface area (Å²) in [5.41, 5.74) is 3.09. The van der Waals surface area contributed by atoms with Crippen molar-refractivity contribution in [2.45, 2.75) is 33.7 Å². The van der Waals surface area contributed by atoms with Crippen molar-refractivity contribution in [3.8, 4) is 0 Å². The van der Waals surface area contributed by atoms with E-state index in [1.807, 2.05) is 25.5 Å². The van der Waals surface area contributed by atoms with Crippen LogP contribution in [0.4, 0.5) is 0 Å². The molecule has 1 aromatic heterocycles. The Kier molecular flexibility index (Phi) is 3.28. The van der Waals surface area contributed by atoms with Gasteiger partial charge in [0.15, 0.2) is 0 Å². The lowest BCUT2D eigenvalue weighted by Crippen LogP contribution is -2.20. The molecule has 0 unspecified atom stereocenters.